The van der Waals surface area contributed by atoms with E-state index < -0.39 is 0 Å². The van der Waals surface area contributed by atoms with Crippen LogP contribution in [0.1, 0.15) is 17.2 Å². The summed E-state index contributed by atoms with van der Waals surface area (Å²) in [5, 5.41) is 0. The van der Waals surface area contributed by atoms with Crippen molar-refractivity contribution in [3.8, 4) is 11.5 Å². The fourth-order valence-electron chi connectivity index (χ4n) is 2.32. The van der Waals surface area contributed by atoms with Crippen molar-refractivity contribution in [3.63, 3.8) is 0 Å². The minimum absolute atomic E-state index is 0.0150. The van der Waals surface area contributed by atoms with Crippen LogP contribution >= 0.6 is 0 Å². The van der Waals surface area contributed by atoms with Crippen molar-refractivity contribution in [1.29, 1.82) is 0 Å². The summed E-state index contributed by atoms with van der Waals surface area (Å²) in [7, 11) is 5.41. The summed E-state index contributed by atoms with van der Waals surface area (Å²) in [6.07, 6.45) is 0. The SMILES string of the molecule is COc1ccc(OC)c2c1CN(C)CC2N. The van der Waals surface area contributed by atoms with E-state index in [4.69, 9.17) is 15.2 Å². The fraction of sp³-hybridized carbons (Fsp3) is 0.500. The first kappa shape index (κ1) is 11.2. The van der Waals surface area contributed by atoms with Crippen molar-refractivity contribution in [2.45, 2.75) is 12.6 Å². The normalized spacial score (nSPS) is 20.4. The standard InChI is InChI=1S/C12H18N2O2/c1-14-6-8-10(15-2)4-5-11(16-3)12(8)9(13)7-14/h4-5,9H,6-7,13H2,1-3H3. The van der Waals surface area contributed by atoms with E-state index in [0.29, 0.717) is 0 Å². The molecule has 1 atom stereocenters. The van der Waals surface area contributed by atoms with E-state index in [0.717, 1.165) is 35.7 Å². The number of ether oxygens (including phenoxy) is 2. The lowest BCUT2D eigenvalue weighted by molar-refractivity contribution is 0.268. The average molecular weight is 222 g/mol. The van der Waals surface area contributed by atoms with Gasteiger partial charge in [-0.25, -0.2) is 0 Å². The largest absolute Gasteiger partial charge is 0.496 e. The maximum atomic E-state index is 6.16. The van der Waals surface area contributed by atoms with Gasteiger partial charge in [0.1, 0.15) is 11.5 Å². The first-order valence-electron chi connectivity index (χ1n) is 5.35. The van der Waals surface area contributed by atoms with Gasteiger partial charge < -0.3 is 20.1 Å². The molecule has 2 rings (SSSR count). The Hall–Kier alpha value is -1.26. The molecule has 2 N–H and O–H groups in total. The molecule has 1 aliphatic rings. The summed E-state index contributed by atoms with van der Waals surface area (Å²) in [6.45, 7) is 1.69. The zero-order valence-electron chi connectivity index (χ0n) is 9.99. The summed E-state index contributed by atoms with van der Waals surface area (Å²) >= 11 is 0. The molecule has 4 heteroatoms. The van der Waals surface area contributed by atoms with Gasteiger partial charge in [0.15, 0.2) is 0 Å². The minimum atomic E-state index is -0.0150. The fourth-order valence-corrected chi connectivity index (χ4v) is 2.32. The summed E-state index contributed by atoms with van der Waals surface area (Å²) in [5.41, 5.74) is 8.38. The van der Waals surface area contributed by atoms with Crippen molar-refractivity contribution in [2.24, 2.45) is 5.73 Å². The van der Waals surface area contributed by atoms with Crippen LogP contribution in [0.15, 0.2) is 12.1 Å². The van der Waals surface area contributed by atoms with Crippen LogP contribution in [0.5, 0.6) is 11.5 Å². The predicted molar refractivity (Wildman–Crippen MR) is 62.8 cm³/mol. The Bertz CT molecular complexity index is 393. The number of likely N-dealkylation sites (N-methyl/N-ethyl adjacent to an activating group) is 1. The molecule has 0 fully saturated rings. The molecule has 0 saturated heterocycles. The molecule has 1 unspecified atom stereocenters. The van der Waals surface area contributed by atoms with Crippen LogP contribution in [-0.4, -0.2) is 32.7 Å². The van der Waals surface area contributed by atoms with Crippen LogP contribution in [0, 0.1) is 0 Å². The summed E-state index contributed by atoms with van der Waals surface area (Å²) in [6, 6.07) is 3.84. The van der Waals surface area contributed by atoms with Gasteiger partial charge in [-0.3, -0.25) is 0 Å². The summed E-state index contributed by atoms with van der Waals surface area (Å²) in [4.78, 5) is 2.19. The van der Waals surface area contributed by atoms with E-state index in [1.54, 1.807) is 14.2 Å². The smallest absolute Gasteiger partial charge is 0.124 e. The molecule has 0 spiro atoms. The first-order valence-corrected chi connectivity index (χ1v) is 5.35. The average Bonchev–Trinajstić information content (AvgIpc) is 2.27. The second-order valence-electron chi connectivity index (χ2n) is 4.17. The topological polar surface area (TPSA) is 47.7 Å². The van der Waals surface area contributed by atoms with E-state index in [1.807, 2.05) is 12.1 Å². The zero-order chi connectivity index (χ0) is 11.7. The third-order valence-corrected chi connectivity index (χ3v) is 3.02. The van der Waals surface area contributed by atoms with Crippen molar-refractivity contribution in [1.82, 2.24) is 4.90 Å². The number of nitrogens with two attached hydrogens (primary N) is 1. The van der Waals surface area contributed by atoms with Crippen LogP contribution in [0.4, 0.5) is 0 Å². The molecule has 0 radical (unpaired) electrons. The number of hydrogen-bond donors (Lipinski definition) is 1. The highest BCUT2D eigenvalue weighted by atomic mass is 16.5. The van der Waals surface area contributed by atoms with Crippen molar-refractivity contribution >= 4 is 0 Å². The predicted octanol–water partition coefficient (Wildman–Crippen LogP) is 1.15. The van der Waals surface area contributed by atoms with Crippen LogP contribution in [0.3, 0.4) is 0 Å². The molecule has 1 heterocycles. The molecule has 0 aromatic heterocycles. The molecule has 1 aromatic carbocycles. The second kappa shape index (κ2) is 4.31. The maximum Gasteiger partial charge on any atom is 0.124 e. The number of methoxy groups -OCH3 is 2. The molecule has 1 aromatic rings. The number of hydrogen-bond acceptors (Lipinski definition) is 4. The lowest BCUT2D eigenvalue weighted by Crippen LogP contribution is -2.35. The van der Waals surface area contributed by atoms with Crippen LogP contribution in [-0.2, 0) is 6.54 Å². The van der Waals surface area contributed by atoms with Gasteiger partial charge in [0.05, 0.1) is 14.2 Å². The molecular weight excluding hydrogens is 204 g/mol. The quantitative estimate of drug-likeness (QED) is 0.815. The van der Waals surface area contributed by atoms with E-state index in [-0.39, 0.29) is 6.04 Å². The Balaban J connectivity index is 2.56. The molecule has 0 amide bonds. The zero-order valence-corrected chi connectivity index (χ0v) is 9.99. The first-order chi connectivity index (χ1) is 7.67. The van der Waals surface area contributed by atoms with Crippen LogP contribution in [0.2, 0.25) is 0 Å². The molecule has 88 valence electrons. The number of fused-ring (bicyclic) bond motifs is 1. The maximum absolute atomic E-state index is 6.16. The van der Waals surface area contributed by atoms with Gasteiger partial charge in [0, 0.05) is 30.3 Å². The third-order valence-electron chi connectivity index (χ3n) is 3.02. The van der Waals surface area contributed by atoms with E-state index in [1.165, 1.54) is 0 Å². The number of benzene rings is 1. The van der Waals surface area contributed by atoms with Gasteiger partial charge >= 0.3 is 0 Å². The Morgan fingerprint density at radius 1 is 1.25 bits per heavy atom. The Morgan fingerprint density at radius 3 is 2.50 bits per heavy atom. The van der Waals surface area contributed by atoms with Gasteiger partial charge in [0.2, 0.25) is 0 Å². The highest BCUT2D eigenvalue weighted by Gasteiger charge is 2.26. The molecule has 4 nitrogen and oxygen atoms in total. The van der Waals surface area contributed by atoms with Gasteiger partial charge in [-0.15, -0.1) is 0 Å². The van der Waals surface area contributed by atoms with Crippen molar-refractivity contribution in [3.05, 3.63) is 23.3 Å². The molecule has 0 bridgehead atoms. The second-order valence-corrected chi connectivity index (χ2v) is 4.17. The molecular formula is C12H18N2O2. The van der Waals surface area contributed by atoms with Gasteiger partial charge in [0.25, 0.3) is 0 Å². The Morgan fingerprint density at radius 2 is 1.88 bits per heavy atom. The lowest BCUT2D eigenvalue weighted by Gasteiger charge is -2.32. The third kappa shape index (κ3) is 1.74. The van der Waals surface area contributed by atoms with E-state index in [2.05, 4.69) is 11.9 Å². The molecule has 0 saturated carbocycles. The minimum Gasteiger partial charge on any atom is -0.496 e. The highest BCUT2D eigenvalue weighted by Crippen LogP contribution is 2.37. The summed E-state index contributed by atoms with van der Waals surface area (Å²) < 4.78 is 10.7. The highest BCUT2D eigenvalue weighted by molar-refractivity contribution is 5.51. The summed E-state index contributed by atoms with van der Waals surface area (Å²) in [5.74, 6) is 1.74. The Kier molecular flexibility index (Phi) is 3.03. The van der Waals surface area contributed by atoms with Gasteiger partial charge in [-0.2, -0.15) is 0 Å². The van der Waals surface area contributed by atoms with Crippen LogP contribution in [0.25, 0.3) is 0 Å². The molecule has 1 aliphatic heterocycles. The van der Waals surface area contributed by atoms with Crippen molar-refractivity contribution < 1.29 is 9.47 Å². The molecule has 0 aliphatic carbocycles. The monoisotopic (exact) mass is 222 g/mol. The lowest BCUT2D eigenvalue weighted by atomic mass is 9.94. The molecule has 16 heavy (non-hydrogen) atoms. The van der Waals surface area contributed by atoms with Gasteiger partial charge in [-0.05, 0) is 19.2 Å². The van der Waals surface area contributed by atoms with Crippen LogP contribution < -0.4 is 15.2 Å². The number of nitrogens with zero attached hydrogens (tertiary/aromatic N) is 1. The number of rotatable bonds is 2. The van der Waals surface area contributed by atoms with Gasteiger partial charge in [-0.1, -0.05) is 0 Å². The Labute approximate surface area is 95.9 Å². The van der Waals surface area contributed by atoms with Crippen molar-refractivity contribution in [2.75, 3.05) is 27.8 Å². The van der Waals surface area contributed by atoms with E-state index in [9.17, 15) is 0 Å². The van der Waals surface area contributed by atoms with E-state index >= 15 is 0 Å².